The molecule has 1 aromatic heterocycles. The normalized spacial score (nSPS) is 11.0. The molecule has 5 nitrogen and oxygen atoms in total. The van der Waals surface area contributed by atoms with Crippen LogP contribution in [0.3, 0.4) is 0 Å². The van der Waals surface area contributed by atoms with Gasteiger partial charge in [-0.15, -0.1) is 5.10 Å². The number of aromatic amines is 1. The molecule has 0 aliphatic heterocycles. The highest BCUT2D eigenvalue weighted by atomic mass is 35.5. The molecule has 1 amide bonds. The first-order chi connectivity index (χ1) is 12.6. The van der Waals surface area contributed by atoms with Crippen LogP contribution in [0.1, 0.15) is 11.4 Å². The fourth-order valence-electron chi connectivity index (χ4n) is 2.04. The maximum Gasteiger partial charge on any atom is 0.234 e. The number of halogens is 2. The molecule has 0 saturated carbocycles. The summed E-state index contributed by atoms with van der Waals surface area (Å²) in [6.45, 7) is 0. The van der Waals surface area contributed by atoms with Crippen LogP contribution >= 0.6 is 23.4 Å². The molecule has 0 saturated heterocycles. The Morgan fingerprint density at radius 1 is 1.23 bits per heavy atom. The van der Waals surface area contributed by atoms with Gasteiger partial charge in [0.05, 0.1) is 5.75 Å². The van der Waals surface area contributed by atoms with E-state index in [9.17, 15) is 9.18 Å². The summed E-state index contributed by atoms with van der Waals surface area (Å²) in [6, 6.07) is 13.0. The zero-order valence-electron chi connectivity index (χ0n) is 13.4. The Balaban J connectivity index is 1.51. The van der Waals surface area contributed by atoms with Gasteiger partial charge in [-0.25, -0.2) is 9.37 Å². The number of rotatable bonds is 6. The third-order valence-corrected chi connectivity index (χ3v) is 4.31. The molecule has 0 bridgehead atoms. The second-order valence-electron chi connectivity index (χ2n) is 5.24. The number of amides is 1. The van der Waals surface area contributed by atoms with Crippen molar-refractivity contribution in [1.82, 2.24) is 15.2 Å². The molecular weight excluding hydrogens is 375 g/mol. The van der Waals surface area contributed by atoms with Gasteiger partial charge < -0.3 is 5.32 Å². The molecule has 26 heavy (non-hydrogen) atoms. The second kappa shape index (κ2) is 8.64. The number of hydrogen-bond acceptors (Lipinski definition) is 4. The molecule has 0 aliphatic rings. The van der Waals surface area contributed by atoms with E-state index in [0.717, 1.165) is 5.56 Å². The summed E-state index contributed by atoms with van der Waals surface area (Å²) in [6.07, 6.45) is 3.52. The molecule has 2 N–H and O–H groups in total. The van der Waals surface area contributed by atoms with Crippen LogP contribution < -0.4 is 5.32 Å². The number of thioether (sulfide) groups is 1. The van der Waals surface area contributed by atoms with E-state index in [-0.39, 0.29) is 17.5 Å². The number of nitrogens with zero attached hydrogens (tertiary/aromatic N) is 2. The van der Waals surface area contributed by atoms with Gasteiger partial charge in [0.2, 0.25) is 11.1 Å². The number of aromatic nitrogens is 3. The molecule has 0 radical (unpaired) electrons. The van der Waals surface area contributed by atoms with Crippen molar-refractivity contribution in [3.05, 3.63) is 70.8 Å². The third-order valence-electron chi connectivity index (χ3n) is 3.23. The number of H-pyrrole nitrogens is 1. The minimum Gasteiger partial charge on any atom is -0.325 e. The van der Waals surface area contributed by atoms with E-state index < -0.39 is 0 Å². The van der Waals surface area contributed by atoms with E-state index in [2.05, 4.69) is 20.5 Å². The van der Waals surface area contributed by atoms with E-state index in [1.807, 2.05) is 0 Å². The third kappa shape index (κ3) is 5.44. The SMILES string of the molecule is O=C(CSc1n[nH]c(/C=C/c2ccc(F)cc2)n1)Nc1cccc(Cl)c1. The number of hydrogen-bond donors (Lipinski definition) is 2. The quantitative estimate of drug-likeness (QED) is 0.610. The van der Waals surface area contributed by atoms with Gasteiger partial charge in [-0.05, 0) is 42.0 Å². The van der Waals surface area contributed by atoms with Crippen molar-refractivity contribution in [3.63, 3.8) is 0 Å². The molecular formula is C18H14ClFN4OS. The van der Waals surface area contributed by atoms with Crippen LogP contribution in [-0.2, 0) is 4.79 Å². The van der Waals surface area contributed by atoms with Crippen LogP contribution in [0.5, 0.6) is 0 Å². The van der Waals surface area contributed by atoms with Crippen molar-refractivity contribution in [3.8, 4) is 0 Å². The minimum absolute atomic E-state index is 0.172. The van der Waals surface area contributed by atoms with E-state index in [4.69, 9.17) is 11.6 Å². The van der Waals surface area contributed by atoms with Crippen molar-refractivity contribution in [1.29, 1.82) is 0 Å². The first-order valence-electron chi connectivity index (χ1n) is 7.63. The van der Waals surface area contributed by atoms with Gasteiger partial charge in [0.1, 0.15) is 11.6 Å². The van der Waals surface area contributed by atoms with Crippen molar-refractivity contribution in [2.24, 2.45) is 0 Å². The van der Waals surface area contributed by atoms with Gasteiger partial charge in [0.25, 0.3) is 0 Å². The Morgan fingerprint density at radius 3 is 2.81 bits per heavy atom. The zero-order chi connectivity index (χ0) is 18.4. The predicted molar refractivity (Wildman–Crippen MR) is 103 cm³/mol. The van der Waals surface area contributed by atoms with Crippen LogP contribution in [-0.4, -0.2) is 26.8 Å². The summed E-state index contributed by atoms with van der Waals surface area (Å²) in [4.78, 5) is 16.2. The van der Waals surface area contributed by atoms with Gasteiger partial charge >= 0.3 is 0 Å². The summed E-state index contributed by atoms with van der Waals surface area (Å²) < 4.78 is 12.9. The highest BCUT2D eigenvalue weighted by molar-refractivity contribution is 7.99. The van der Waals surface area contributed by atoms with Gasteiger partial charge in [-0.2, -0.15) is 0 Å². The smallest absolute Gasteiger partial charge is 0.234 e. The summed E-state index contributed by atoms with van der Waals surface area (Å²) >= 11 is 7.09. The van der Waals surface area contributed by atoms with Crippen molar-refractivity contribution >= 4 is 47.1 Å². The lowest BCUT2D eigenvalue weighted by molar-refractivity contribution is -0.113. The van der Waals surface area contributed by atoms with Crippen LogP contribution in [0, 0.1) is 5.82 Å². The molecule has 0 unspecified atom stereocenters. The van der Waals surface area contributed by atoms with Crippen molar-refractivity contribution < 1.29 is 9.18 Å². The Bertz CT molecular complexity index is 927. The van der Waals surface area contributed by atoms with Crippen molar-refractivity contribution in [2.75, 3.05) is 11.1 Å². The summed E-state index contributed by atoms with van der Waals surface area (Å²) in [5.74, 6) is 0.264. The van der Waals surface area contributed by atoms with E-state index >= 15 is 0 Å². The standard InChI is InChI=1S/C18H14ClFN4OS/c19-13-2-1-3-15(10-13)21-17(25)11-26-18-22-16(23-24-18)9-6-12-4-7-14(20)8-5-12/h1-10H,11H2,(H,21,25)(H,22,23,24)/b9-6+. The average molecular weight is 389 g/mol. The van der Waals surface area contributed by atoms with E-state index in [1.54, 1.807) is 48.6 Å². The molecule has 1 heterocycles. The molecule has 0 aliphatic carbocycles. The average Bonchev–Trinajstić information content (AvgIpc) is 3.07. The first-order valence-corrected chi connectivity index (χ1v) is 8.99. The molecule has 3 aromatic rings. The number of benzene rings is 2. The topological polar surface area (TPSA) is 70.7 Å². The van der Waals surface area contributed by atoms with E-state index in [0.29, 0.717) is 21.7 Å². The van der Waals surface area contributed by atoms with Crippen LogP contribution in [0.25, 0.3) is 12.2 Å². The molecule has 2 aromatic carbocycles. The molecule has 3 rings (SSSR count). The number of anilines is 1. The van der Waals surface area contributed by atoms with Crippen molar-refractivity contribution in [2.45, 2.75) is 5.16 Å². The van der Waals surface area contributed by atoms with E-state index in [1.165, 1.54) is 23.9 Å². The van der Waals surface area contributed by atoms with Gasteiger partial charge in [0, 0.05) is 10.7 Å². The largest absolute Gasteiger partial charge is 0.325 e. The Labute approximate surface area is 158 Å². The lowest BCUT2D eigenvalue weighted by atomic mass is 10.2. The maximum absolute atomic E-state index is 12.9. The highest BCUT2D eigenvalue weighted by Gasteiger charge is 2.07. The summed E-state index contributed by atoms with van der Waals surface area (Å²) in [5.41, 5.74) is 1.49. The zero-order valence-corrected chi connectivity index (χ0v) is 15.0. The van der Waals surface area contributed by atoms with Crippen LogP contribution in [0.2, 0.25) is 5.02 Å². The molecule has 132 valence electrons. The summed E-state index contributed by atoms with van der Waals surface area (Å²) in [7, 11) is 0. The molecule has 8 heteroatoms. The Morgan fingerprint density at radius 2 is 2.04 bits per heavy atom. The molecule has 0 fully saturated rings. The maximum atomic E-state index is 12.9. The first kappa shape index (κ1) is 18.2. The number of carbonyl (C=O) groups excluding carboxylic acids is 1. The molecule has 0 atom stereocenters. The fourth-order valence-corrected chi connectivity index (χ4v) is 2.84. The lowest BCUT2D eigenvalue weighted by Crippen LogP contribution is -2.14. The van der Waals surface area contributed by atoms with Gasteiger partial charge in [-0.1, -0.05) is 47.6 Å². The predicted octanol–water partition coefficient (Wildman–Crippen LogP) is 4.50. The Hall–Kier alpha value is -2.64. The monoisotopic (exact) mass is 388 g/mol. The lowest BCUT2D eigenvalue weighted by Gasteiger charge is -2.03. The van der Waals surface area contributed by atoms with Gasteiger partial charge in [0.15, 0.2) is 0 Å². The van der Waals surface area contributed by atoms with Crippen LogP contribution in [0.4, 0.5) is 10.1 Å². The second-order valence-corrected chi connectivity index (χ2v) is 6.61. The number of nitrogens with one attached hydrogen (secondary N) is 2. The minimum atomic E-state index is -0.281. The Kier molecular flexibility index (Phi) is 6.04. The number of carbonyl (C=O) groups is 1. The fraction of sp³-hybridized carbons (Fsp3) is 0.0556. The van der Waals surface area contributed by atoms with Gasteiger partial charge in [-0.3, -0.25) is 9.89 Å². The highest BCUT2D eigenvalue weighted by Crippen LogP contribution is 2.17. The summed E-state index contributed by atoms with van der Waals surface area (Å²) in [5, 5.41) is 10.6. The van der Waals surface area contributed by atoms with Crippen LogP contribution in [0.15, 0.2) is 53.7 Å². The molecule has 0 spiro atoms.